The number of nitrogens with zero attached hydrogens (tertiary/aromatic N) is 1. The molecular formula is C16H20F2N2O5. The molecular weight excluding hydrogens is 338 g/mol. The Hall–Kier alpha value is -2.71. The molecule has 0 heterocycles. The highest BCUT2D eigenvalue weighted by molar-refractivity contribution is 5.85. The molecule has 1 aromatic carbocycles. The molecule has 0 spiro atoms. The van der Waals surface area contributed by atoms with Crippen LogP contribution in [0.5, 0.6) is 5.75 Å². The third-order valence-electron chi connectivity index (χ3n) is 3.40. The Balaban J connectivity index is 2.90. The van der Waals surface area contributed by atoms with E-state index in [0.29, 0.717) is 0 Å². The number of halogens is 2. The molecule has 0 fully saturated rings. The lowest BCUT2D eigenvalue weighted by molar-refractivity contribution is -0.149. The predicted molar refractivity (Wildman–Crippen MR) is 84.3 cm³/mol. The molecule has 25 heavy (non-hydrogen) atoms. The van der Waals surface area contributed by atoms with Crippen molar-refractivity contribution in [1.82, 2.24) is 10.2 Å². The van der Waals surface area contributed by atoms with Gasteiger partial charge in [0.05, 0.1) is 6.42 Å². The van der Waals surface area contributed by atoms with E-state index in [1.165, 1.54) is 32.0 Å². The topological polar surface area (TPSA) is 95.9 Å². The normalized spacial score (nSPS) is 11.7. The molecule has 2 N–H and O–H groups in total. The van der Waals surface area contributed by atoms with E-state index in [2.05, 4.69) is 10.1 Å². The number of amides is 2. The summed E-state index contributed by atoms with van der Waals surface area (Å²) in [7, 11) is 0. The number of aliphatic carboxylic acids is 1. The van der Waals surface area contributed by atoms with E-state index < -0.39 is 24.5 Å². The van der Waals surface area contributed by atoms with E-state index in [-0.39, 0.29) is 36.7 Å². The van der Waals surface area contributed by atoms with E-state index in [9.17, 15) is 23.2 Å². The van der Waals surface area contributed by atoms with Crippen LogP contribution in [0.25, 0.3) is 0 Å². The van der Waals surface area contributed by atoms with Gasteiger partial charge in [0.1, 0.15) is 11.8 Å². The number of carbonyl (C=O) groups excluding carboxylic acids is 2. The first kappa shape index (κ1) is 20.3. The Labute approximate surface area is 143 Å². The number of ether oxygens (including phenoxy) is 1. The number of carbonyl (C=O) groups is 3. The Kier molecular flexibility index (Phi) is 7.77. The standard InChI is InChI=1S/C16H20F2N2O5/c1-10(15(23)24)20(8-7-19-11(2)21)14(22)9-12-5-3-4-6-13(12)25-16(17)18/h3-6,10,16H,7-9H2,1-2H3,(H,19,21)(H,23,24). The van der Waals surface area contributed by atoms with Crippen molar-refractivity contribution >= 4 is 17.8 Å². The smallest absolute Gasteiger partial charge is 0.387 e. The number of hydrogen-bond acceptors (Lipinski definition) is 4. The van der Waals surface area contributed by atoms with Crippen LogP contribution in [0.1, 0.15) is 19.4 Å². The van der Waals surface area contributed by atoms with Gasteiger partial charge in [-0.2, -0.15) is 8.78 Å². The first-order valence-electron chi connectivity index (χ1n) is 7.51. The molecule has 1 rings (SSSR count). The average molecular weight is 358 g/mol. The molecule has 1 unspecified atom stereocenters. The monoisotopic (exact) mass is 358 g/mol. The highest BCUT2D eigenvalue weighted by atomic mass is 19.3. The van der Waals surface area contributed by atoms with Crippen LogP contribution in [0.4, 0.5) is 8.78 Å². The number of rotatable bonds is 9. The molecule has 9 heteroatoms. The lowest BCUT2D eigenvalue weighted by Crippen LogP contribution is -2.47. The van der Waals surface area contributed by atoms with Gasteiger partial charge in [-0.1, -0.05) is 18.2 Å². The van der Waals surface area contributed by atoms with Gasteiger partial charge in [-0.3, -0.25) is 9.59 Å². The van der Waals surface area contributed by atoms with E-state index in [0.717, 1.165) is 4.90 Å². The van der Waals surface area contributed by atoms with Gasteiger partial charge in [-0.05, 0) is 13.0 Å². The molecule has 0 bridgehead atoms. The zero-order chi connectivity index (χ0) is 19.0. The van der Waals surface area contributed by atoms with Crippen molar-refractivity contribution in [3.63, 3.8) is 0 Å². The zero-order valence-electron chi connectivity index (χ0n) is 13.9. The maximum atomic E-state index is 12.5. The van der Waals surface area contributed by atoms with Crippen LogP contribution in [-0.4, -0.2) is 53.5 Å². The quantitative estimate of drug-likeness (QED) is 0.693. The SMILES string of the molecule is CC(=O)NCCN(C(=O)Cc1ccccc1OC(F)F)C(C)C(=O)O. The van der Waals surface area contributed by atoms with Gasteiger partial charge >= 0.3 is 12.6 Å². The highest BCUT2D eigenvalue weighted by Crippen LogP contribution is 2.21. The van der Waals surface area contributed by atoms with Gasteiger partial charge in [-0.25, -0.2) is 4.79 Å². The highest BCUT2D eigenvalue weighted by Gasteiger charge is 2.26. The van der Waals surface area contributed by atoms with Crippen LogP contribution in [0.2, 0.25) is 0 Å². The van der Waals surface area contributed by atoms with E-state index in [1.807, 2.05) is 0 Å². The van der Waals surface area contributed by atoms with Gasteiger partial charge in [0.2, 0.25) is 11.8 Å². The fraction of sp³-hybridized carbons (Fsp3) is 0.438. The minimum atomic E-state index is -3.04. The van der Waals surface area contributed by atoms with Crippen LogP contribution in [0, 0.1) is 0 Å². The Morgan fingerprint density at radius 3 is 2.48 bits per heavy atom. The van der Waals surface area contributed by atoms with Crippen molar-refractivity contribution in [2.75, 3.05) is 13.1 Å². The lowest BCUT2D eigenvalue weighted by atomic mass is 10.1. The Bertz CT molecular complexity index is 624. The maximum Gasteiger partial charge on any atom is 0.387 e. The van der Waals surface area contributed by atoms with E-state index in [1.54, 1.807) is 6.07 Å². The van der Waals surface area contributed by atoms with Gasteiger partial charge in [-0.15, -0.1) is 0 Å². The molecule has 0 aliphatic heterocycles. The van der Waals surface area contributed by atoms with E-state index in [4.69, 9.17) is 5.11 Å². The number of alkyl halides is 2. The van der Waals surface area contributed by atoms with Crippen molar-refractivity contribution in [1.29, 1.82) is 0 Å². The summed E-state index contributed by atoms with van der Waals surface area (Å²) >= 11 is 0. The molecule has 2 amide bonds. The largest absolute Gasteiger partial charge is 0.480 e. The number of para-hydroxylation sites is 1. The summed E-state index contributed by atoms with van der Waals surface area (Å²) in [6.07, 6.45) is -0.305. The van der Waals surface area contributed by atoms with Crippen molar-refractivity contribution in [3.8, 4) is 5.75 Å². The van der Waals surface area contributed by atoms with Crippen LogP contribution >= 0.6 is 0 Å². The number of nitrogens with one attached hydrogen (secondary N) is 1. The number of benzene rings is 1. The summed E-state index contributed by atoms with van der Waals surface area (Å²) in [4.78, 5) is 35.7. The van der Waals surface area contributed by atoms with Gasteiger partial charge in [0.25, 0.3) is 0 Å². The second-order valence-electron chi connectivity index (χ2n) is 5.25. The van der Waals surface area contributed by atoms with Gasteiger partial charge < -0.3 is 20.1 Å². The Morgan fingerprint density at radius 1 is 1.28 bits per heavy atom. The molecule has 138 valence electrons. The average Bonchev–Trinajstić information content (AvgIpc) is 2.51. The fourth-order valence-corrected chi connectivity index (χ4v) is 2.15. The molecule has 0 saturated carbocycles. The molecule has 0 aliphatic rings. The number of hydrogen-bond donors (Lipinski definition) is 2. The second-order valence-corrected chi connectivity index (χ2v) is 5.25. The predicted octanol–water partition coefficient (Wildman–Crippen LogP) is 1.27. The summed E-state index contributed by atoms with van der Waals surface area (Å²) < 4.78 is 29.2. The molecule has 0 aliphatic carbocycles. The summed E-state index contributed by atoms with van der Waals surface area (Å²) in [5.74, 6) is -2.25. The van der Waals surface area contributed by atoms with Crippen LogP contribution in [0.15, 0.2) is 24.3 Å². The van der Waals surface area contributed by atoms with Crippen molar-refractivity contribution < 1.29 is 33.0 Å². The van der Waals surface area contributed by atoms with Crippen molar-refractivity contribution in [2.24, 2.45) is 0 Å². The first-order valence-corrected chi connectivity index (χ1v) is 7.51. The summed E-state index contributed by atoms with van der Waals surface area (Å²) in [5.41, 5.74) is 0.218. The molecule has 7 nitrogen and oxygen atoms in total. The molecule has 0 aromatic heterocycles. The zero-order valence-corrected chi connectivity index (χ0v) is 13.9. The van der Waals surface area contributed by atoms with Crippen molar-refractivity contribution in [2.45, 2.75) is 32.9 Å². The second kappa shape index (κ2) is 9.55. The molecule has 1 atom stereocenters. The third-order valence-corrected chi connectivity index (χ3v) is 3.40. The van der Waals surface area contributed by atoms with Crippen LogP contribution in [0.3, 0.4) is 0 Å². The maximum absolute atomic E-state index is 12.5. The minimum absolute atomic E-state index is 0.0241. The van der Waals surface area contributed by atoms with Crippen LogP contribution in [-0.2, 0) is 20.8 Å². The number of carboxylic acid groups (broad SMARTS) is 1. The minimum Gasteiger partial charge on any atom is -0.480 e. The van der Waals surface area contributed by atoms with Gasteiger partial charge in [0.15, 0.2) is 0 Å². The summed E-state index contributed by atoms with van der Waals surface area (Å²) in [6.45, 7) is -0.359. The van der Waals surface area contributed by atoms with Gasteiger partial charge in [0, 0.05) is 25.6 Å². The Morgan fingerprint density at radius 2 is 1.92 bits per heavy atom. The van der Waals surface area contributed by atoms with Crippen molar-refractivity contribution in [3.05, 3.63) is 29.8 Å². The third kappa shape index (κ3) is 6.74. The first-order chi connectivity index (χ1) is 11.7. The molecule has 0 saturated heterocycles. The molecule has 0 radical (unpaired) electrons. The van der Waals surface area contributed by atoms with E-state index >= 15 is 0 Å². The number of carboxylic acids is 1. The lowest BCUT2D eigenvalue weighted by Gasteiger charge is -2.27. The summed E-state index contributed by atoms with van der Waals surface area (Å²) in [6, 6.07) is 4.66. The fourth-order valence-electron chi connectivity index (χ4n) is 2.15. The molecule has 1 aromatic rings. The van der Waals surface area contributed by atoms with Crippen LogP contribution < -0.4 is 10.1 Å². The summed E-state index contributed by atoms with van der Waals surface area (Å²) in [5, 5.41) is 11.6.